The van der Waals surface area contributed by atoms with Crippen LogP contribution in [0.1, 0.15) is 16.1 Å². The van der Waals surface area contributed by atoms with E-state index in [1.165, 1.54) is 4.52 Å². The predicted octanol–water partition coefficient (Wildman–Crippen LogP) is 2.70. The molecule has 2 heterocycles. The van der Waals surface area contributed by atoms with E-state index in [1.54, 1.807) is 24.4 Å². The van der Waals surface area contributed by atoms with Crippen molar-refractivity contribution in [2.24, 2.45) is 0 Å². The summed E-state index contributed by atoms with van der Waals surface area (Å²) in [6.07, 6.45) is -3.33. The lowest BCUT2D eigenvalue weighted by Gasteiger charge is -2.10. The minimum atomic E-state index is -5.01. The van der Waals surface area contributed by atoms with Gasteiger partial charge in [-0.05, 0) is 30.3 Å². The van der Waals surface area contributed by atoms with Gasteiger partial charge >= 0.3 is 6.36 Å². The number of halogens is 4. The molecule has 6 nitrogen and oxygen atoms in total. The highest BCUT2D eigenvalue weighted by Gasteiger charge is 2.32. The van der Waals surface area contributed by atoms with E-state index in [9.17, 15) is 22.4 Å². The van der Waals surface area contributed by atoms with Crippen molar-refractivity contribution < 1.29 is 27.1 Å². The normalized spacial score (nSPS) is 11.5. The molecule has 0 unspecified atom stereocenters. The van der Waals surface area contributed by atoms with Crippen molar-refractivity contribution in [1.29, 1.82) is 0 Å². The number of benzene rings is 1. The second-order valence-corrected chi connectivity index (χ2v) is 4.94. The number of pyridine rings is 1. The maximum Gasteiger partial charge on any atom is 0.573 e. The number of nitrogens with zero attached hydrogens (tertiary/aromatic N) is 3. The number of nitrogens with one attached hydrogen (secondary N) is 1. The topological polar surface area (TPSA) is 68.5 Å². The van der Waals surface area contributed by atoms with Gasteiger partial charge in [0, 0.05) is 11.8 Å². The third-order valence-corrected chi connectivity index (χ3v) is 3.23. The highest BCUT2D eigenvalue weighted by molar-refractivity contribution is 5.94. The lowest BCUT2D eigenvalue weighted by Crippen LogP contribution is -2.23. The number of carbonyl (C=O) groups is 1. The molecule has 25 heavy (non-hydrogen) atoms. The monoisotopic (exact) mass is 354 g/mol. The van der Waals surface area contributed by atoms with Crippen LogP contribution in [0.4, 0.5) is 17.6 Å². The summed E-state index contributed by atoms with van der Waals surface area (Å²) in [6.45, 7) is 0.0226. The quantitative estimate of drug-likeness (QED) is 0.732. The fraction of sp³-hybridized carbons (Fsp3) is 0.133. The summed E-state index contributed by atoms with van der Waals surface area (Å²) < 4.78 is 55.0. The summed E-state index contributed by atoms with van der Waals surface area (Å²) >= 11 is 0. The number of ether oxygens (including phenoxy) is 1. The Labute approximate surface area is 138 Å². The average molecular weight is 354 g/mol. The highest BCUT2D eigenvalue weighted by Crippen LogP contribution is 2.26. The predicted molar refractivity (Wildman–Crippen MR) is 77.2 cm³/mol. The van der Waals surface area contributed by atoms with Crippen LogP contribution in [0, 0.1) is 5.82 Å². The third kappa shape index (κ3) is 3.84. The number of amides is 1. The summed E-state index contributed by atoms with van der Waals surface area (Å²) in [5, 5.41) is 10.3. The molecule has 130 valence electrons. The molecule has 0 spiro atoms. The summed E-state index contributed by atoms with van der Waals surface area (Å²) in [4.78, 5) is 12.0. The molecule has 0 saturated heterocycles. The SMILES string of the molecule is O=C(NCc1nnn2ccccc12)c1ccc(OC(F)(F)F)c(F)c1. The Bertz CT molecular complexity index is 923. The van der Waals surface area contributed by atoms with Crippen molar-refractivity contribution >= 4 is 11.4 Å². The molecule has 1 amide bonds. The Kier molecular flexibility index (Phi) is 4.26. The molecule has 0 aliphatic heterocycles. The molecule has 0 aliphatic rings. The van der Waals surface area contributed by atoms with Crippen molar-refractivity contribution in [2.45, 2.75) is 12.9 Å². The maximum absolute atomic E-state index is 13.6. The minimum Gasteiger partial charge on any atom is -0.403 e. The standard InChI is InChI=1S/C15H10F4N4O2/c16-10-7-9(4-5-13(10)25-15(17,18)19)14(24)20-8-11-12-3-1-2-6-23(12)22-21-11/h1-7H,8H2,(H,20,24). The summed E-state index contributed by atoms with van der Waals surface area (Å²) in [5.41, 5.74) is 1.03. The van der Waals surface area contributed by atoms with E-state index < -0.39 is 23.8 Å². The molecule has 3 aromatic rings. The number of carbonyl (C=O) groups excluding carboxylic acids is 1. The molecule has 3 rings (SSSR count). The molecule has 1 aromatic carbocycles. The Morgan fingerprint density at radius 3 is 2.76 bits per heavy atom. The van der Waals surface area contributed by atoms with E-state index in [4.69, 9.17) is 0 Å². The average Bonchev–Trinajstić information content (AvgIpc) is 2.96. The highest BCUT2D eigenvalue weighted by atomic mass is 19.4. The van der Waals surface area contributed by atoms with Crippen molar-refractivity contribution in [3.8, 4) is 5.75 Å². The number of fused-ring (bicyclic) bond motifs is 1. The molecular weight excluding hydrogens is 344 g/mol. The van der Waals surface area contributed by atoms with Crippen LogP contribution < -0.4 is 10.1 Å². The molecule has 2 aromatic heterocycles. The van der Waals surface area contributed by atoms with Gasteiger partial charge in [0.05, 0.1) is 12.1 Å². The van der Waals surface area contributed by atoms with Crippen LogP contribution in [0.5, 0.6) is 5.75 Å². The van der Waals surface area contributed by atoms with Gasteiger partial charge in [-0.1, -0.05) is 11.3 Å². The molecule has 0 saturated carbocycles. The molecule has 0 fully saturated rings. The first kappa shape index (κ1) is 16.7. The van der Waals surface area contributed by atoms with Crippen LogP contribution in [-0.4, -0.2) is 27.1 Å². The van der Waals surface area contributed by atoms with Gasteiger partial charge in [0.15, 0.2) is 11.6 Å². The van der Waals surface area contributed by atoms with Gasteiger partial charge in [0.1, 0.15) is 5.69 Å². The fourth-order valence-corrected chi connectivity index (χ4v) is 2.14. The van der Waals surface area contributed by atoms with Crippen LogP contribution in [0.3, 0.4) is 0 Å². The molecule has 0 bridgehead atoms. The molecule has 0 radical (unpaired) electrons. The number of alkyl halides is 3. The van der Waals surface area contributed by atoms with Crippen LogP contribution in [0.15, 0.2) is 42.6 Å². The maximum atomic E-state index is 13.6. The van der Waals surface area contributed by atoms with Crippen LogP contribution in [-0.2, 0) is 6.54 Å². The zero-order valence-electron chi connectivity index (χ0n) is 12.4. The number of hydrogen-bond acceptors (Lipinski definition) is 4. The van der Waals surface area contributed by atoms with Crippen LogP contribution in [0.25, 0.3) is 5.52 Å². The lowest BCUT2D eigenvalue weighted by atomic mass is 10.2. The molecule has 10 heteroatoms. The van der Waals surface area contributed by atoms with Crippen LogP contribution >= 0.6 is 0 Å². The molecule has 1 N–H and O–H groups in total. The Balaban J connectivity index is 1.70. The first-order valence-electron chi connectivity index (χ1n) is 6.96. The van der Waals surface area contributed by atoms with Crippen molar-refractivity contribution in [1.82, 2.24) is 20.1 Å². The Morgan fingerprint density at radius 1 is 1.24 bits per heavy atom. The van der Waals surface area contributed by atoms with E-state index in [-0.39, 0.29) is 12.1 Å². The van der Waals surface area contributed by atoms with E-state index in [1.807, 2.05) is 0 Å². The van der Waals surface area contributed by atoms with E-state index in [0.29, 0.717) is 17.3 Å². The largest absolute Gasteiger partial charge is 0.573 e. The van der Waals surface area contributed by atoms with Crippen molar-refractivity contribution in [3.05, 3.63) is 59.7 Å². The van der Waals surface area contributed by atoms with Gasteiger partial charge < -0.3 is 10.1 Å². The van der Waals surface area contributed by atoms with Gasteiger partial charge in [-0.25, -0.2) is 8.91 Å². The van der Waals surface area contributed by atoms with Gasteiger partial charge in [-0.15, -0.1) is 18.3 Å². The van der Waals surface area contributed by atoms with Crippen molar-refractivity contribution in [2.75, 3.05) is 0 Å². The Morgan fingerprint density at radius 2 is 2.04 bits per heavy atom. The number of aromatic nitrogens is 3. The van der Waals surface area contributed by atoms with Gasteiger partial charge in [-0.3, -0.25) is 4.79 Å². The molecule has 0 atom stereocenters. The van der Waals surface area contributed by atoms with E-state index in [2.05, 4.69) is 20.4 Å². The van der Waals surface area contributed by atoms with Gasteiger partial charge in [-0.2, -0.15) is 0 Å². The number of hydrogen-bond donors (Lipinski definition) is 1. The summed E-state index contributed by atoms with van der Waals surface area (Å²) in [6, 6.07) is 7.73. The molecular formula is C15H10F4N4O2. The van der Waals surface area contributed by atoms with E-state index >= 15 is 0 Å². The van der Waals surface area contributed by atoms with E-state index in [0.717, 1.165) is 12.1 Å². The van der Waals surface area contributed by atoms with Crippen LogP contribution in [0.2, 0.25) is 0 Å². The first-order valence-corrected chi connectivity index (χ1v) is 6.96. The summed E-state index contributed by atoms with van der Waals surface area (Å²) in [5.74, 6) is -2.97. The second kappa shape index (κ2) is 6.38. The van der Waals surface area contributed by atoms with Gasteiger partial charge in [0.25, 0.3) is 5.91 Å². The first-order chi connectivity index (χ1) is 11.8. The lowest BCUT2D eigenvalue weighted by molar-refractivity contribution is -0.275. The Hall–Kier alpha value is -3.17. The molecule has 0 aliphatic carbocycles. The second-order valence-electron chi connectivity index (χ2n) is 4.94. The zero-order chi connectivity index (χ0) is 18.0. The van der Waals surface area contributed by atoms with Crippen molar-refractivity contribution in [3.63, 3.8) is 0 Å². The van der Waals surface area contributed by atoms with Gasteiger partial charge in [0.2, 0.25) is 0 Å². The number of rotatable bonds is 4. The summed E-state index contributed by atoms with van der Waals surface area (Å²) in [7, 11) is 0. The third-order valence-electron chi connectivity index (χ3n) is 3.23. The smallest absolute Gasteiger partial charge is 0.403 e. The minimum absolute atomic E-state index is 0.0226. The zero-order valence-corrected chi connectivity index (χ0v) is 12.4. The fourth-order valence-electron chi connectivity index (χ4n) is 2.14.